The molecule has 0 bridgehead atoms. The zero-order valence-electron chi connectivity index (χ0n) is 21.4. The summed E-state index contributed by atoms with van der Waals surface area (Å²) in [5.41, 5.74) is -0.348. The van der Waals surface area contributed by atoms with Gasteiger partial charge in [-0.2, -0.15) is 4.80 Å². The first-order valence-corrected chi connectivity index (χ1v) is 11.8. The van der Waals surface area contributed by atoms with Gasteiger partial charge in [0.25, 0.3) is 5.91 Å². The fourth-order valence-electron chi connectivity index (χ4n) is 3.77. The molecule has 0 fully saturated rings. The van der Waals surface area contributed by atoms with Gasteiger partial charge in [0.1, 0.15) is 29.6 Å². The zero-order chi connectivity index (χ0) is 26.7. The van der Waals surface area contributed by atoms with E-state index in [1.165, 1.54) is 11.0 Å². The standard InChI is InChI=1S/C26H29FN6O4/c1-16-10-12-20(36-16)23(25(35)28-26(3,4)5)32(14-18-8-6-7-9-19(18)27)22(34)15-33-30-24(29-31-33)21-13-11-17(2)37-21/h6-13,23H,14-15H2,1-5H3,(H,28,35). The van der Waals surface area contributed by atoms with Gasteiger partial charge in [0.05, 0.1) is 0 Å². The minimum Gasteiger partial charge on any atom is -0.464 e. The second-order valence-corrected chi connectivity index (χ2v) is 9.76. The second kappa shape index (κ2) is 10.4. The highest BCUT2D eigenvalue weighted by Crippen LogP contribution is 2.27. The molecule has 37 heavy (non-hydrogen) atoms. The van der Waals surface area contributed by atoms with E-state index in [9.17, 15) is 14.0 Å². The normalized spacial score (nSPS) is 12.4. The summed E-state index contributed by atoms with van der Waals surface area (Å²) in [5.74, 6) is 0.620. The molecule has 0 radical (unpaired) electrons. The molecule has 2 amide bonds. The molecule has 11 heteroatoms. The molecule has 1 N–H and O–H groups in total. The number of nitrogens with one attached hydrogen (secondary N) is 1. The molecular formula is C26H29FN6O4. The Balaban J connectivity index is 1.70. The van der Waals surface area contributed by atoms with Crippen LogP contribution >= 0.6 is 0 Å². The highest BCUT2D eigenvalue weighted by atomic mass is 19.1. The van der Waals surface area contributed by atoms with Crippen LogP contribution in [0, 0.1) is 19.7 Å². The van der Waals surface area contributed by atoms with Crippen molar-refractivity contribution < 1.29 is 22.8 Å². The number of tetrazole rings is 1. The number of aromatic nitrogens is 4. The fourth-order valence-corrected chi connectivity index (χ4v) is 3.77. The molecule has 10 nitrogen and oxygen atoms in total. The van der Waals surface area contributed by atoms with Gasteiger partial charge in [-0.3, -0.25) is 9.59 Å². The maximum Gasteiger partial charge on any atom is 0.251 e. The van der Waals surface area contributed by atoms with Crippen LogP contribution < -0.4 is 5.32 Å². The summed E-state index contributed by atoms with van der Waals surface area (Å²) < 4.78 is 26.0. The minimum atomic E-state index is -1.17. The number of aryl methyl sites for hydroxylation is 2. The average molecular weight is 509 g/mol. The predicted octanol–water partition coefficient (Wildman–Crippen LogP) is 3.97. The van der Waals surface area contributed by atoms with E-state index in [4.69, 9.17) is 8.83 Å². The van der Waals surface area contributed by atoms with Crippen LogP contribution in [0.25, 0.3) is 11.6 Å². The molecule has 0 aliphatic rings. The van der Waals surface area contributed by atoms with Crippen molar-refractivity contribution in [1.29, 1.82) is 0 Å². The summed E-state index contributed by atoms with van der Waals surface area (Å²) in [4.78, 5) is 29.6. The van der Waals surface area contributed by atoms with E-state index in [2.05, 4.69) is 20.7 Å². The van der Waals surface area contributed by atoms with Gasteiger partial charge >= 0.3 is 0 Å². The lowest BCUT2D eigenvalue weighted by molar-refractivity contribution is -0.143. The molecule has 0 spiro atoms. The largest absolute Gasteiger partial charge is 0.464 e. The van der Waals surface area contributed by atoms with Gasteiger partial charge in [0.2, 0.25) is 11.7 Å². The molecule has 4 rings (SSSR count). The Morgan fingerprint density at radius 3 is 2.38 bits per heavy atom. The van der Waals surface area contributed by atoms with Crippen LogP contribution in [0.5, 0.6) is 0 Å². The van der Waals surface area contributed by atoms with Crippen LogP contribution in [0.2, 0.25) is 0 Å². The van der Waals surface area contributed by atoms with E-state index in [1.54, 1.807) is 56.3 Å². The molecule has 0 aliphatic heterocycles. The number of carbonyl (C=O) groups is 2. The number of hydrogen-bond donors (Lipinski definition) is 1. The van der Waals surface area contributed by atoms with Crippen molar-refractivity contribution >= 4 is 11.8 Å². The monoisotopic (exact) mass is 508 g/mol. The summed E-state index contributed by atoms with van der Waals surface area (Å²) in [5, 5.41) is 15.1. The van der Waals surface area contributed by atoms with Gasteiger partial charge < -0.3 is 19.1 Å². The van der Waals surface area contributed by atoms with Gasteiger partial charge in [-0.1, -0.05) is 18.2 Å². The van der Waals surface area contributed by atoms with Crippen LogP contribution in [0.15, 0.2) is 57.4 Å². The van der Waals surface area contributed by atoms with Gasteiger partial charge in [-0.05, 0) is 70.2 Å². The first-order chi connectivity index (χ1) is 17.5. The number of amides is 2. The average Bonchev–Trinajstić information content (AvgIpc) is 3.55. The van der Waals surface area contributed by atoms with Crippen LogP contribution in [0.3, 0.4) is 0 Å². The van der Waals surface area contributed by atoms with Crippen LogP contribution in [0.1, 0.15) is 49.7 Å². The fraction of sp³-hybridized carbons (Fsp3) is 0.346. The minimum absolute atomic E-state index is 0.188. The van der Waals surface area contributed by atoms with Crippen molar-refractivity contribution in [3.63, 3.8) is 0 Å². The Labute approximate surface area is 213 Å². The van der Waals surface area contributed by atoms with E-state index in [0.29, 0.717) is 17.3 Å². The Kier molecular flexibility index (Phi) is 7.23. The zero-order valence-corrected chi connectivity index (χ0v) is 21.4. The number of hydrogen-bond acceptors (Lipinski definition) is 7. The SMILES string of the molecule is Cc1ccc(-c2nnn(CC(=O)N(Cc3ccccc3F)C(C(=O)NC(C)(C)C)c3ccc(C)o3)n2)o1. The second-order valence-electron chi connectivity index (χ2n) is 9.76. The van der Waals surface area contributed by atoms with Crippen molar-refractivity contribution in [2.24, 2.45) is 0 Å². The van der Waals surface area contributed by atoms with Crippen molar-refractivity contribution in [3.05, 3.63) is 77.2 Å². The van der Waals surface area contributed by atoms with Gasteiger partial charge in [-0.15, -0.1) is 10.2 Å². The first-order valence-electron chi connectivity index (χ1n) is 11.8. The third-order valence-electron chi connectivity index (χ3n) is 5.40. The van der Waals surface area contributed by atoms with Crippen molar-refractivity contribution in [3.8, 4) is 11.6 Å². The van der Waals surface area contributed by atoms with Gasteiger partial charge in [-0.25, -0.2) is 4.39 Å². The maximum absolute atomic E-state index is 14.7. The van der Waals surface area contributed by atoms with Crippen LogP contribution in [-0.4, -0.2) is 42.5 Å². The van der Waals surface area contributed by atoms with E-state index >= 15 is 0 Å². The Morgan fingerprint density at radius 1 is 1.05 bits per heavy atom. The highest BCUT2D eigenvalue weighted by Gasteiger charge is 2.36. The van der Waals surface area contributed by atoms with Crippen LogP contribution in [-0.2, 0) is 22.7 Å². The van der Waals surface area contributed by atoms with Gasteiger partial charge in [0.15, 0.2) is 11.8 Å². The molecule has 3 aromatic heterocycles. The molecule has 1 unspecified atom stereocenters. The molecule has 4 aromatic rings. The summed E-state index contributed by atoms with van der Waals surface area (Å²) in [6.45, 7) is 8.48. The van der Waals surface area contributed by atoms with Crippen molar-refractivity contribution in [2.45, 2.75) is 59.3 Å². The van der Waals surface area contributed by atoms with Crippen LogP contribution in [0.4, 0.5) is 4.39 Å². The number of carbonyl (C=O) groups excluding carboxylic acids is 2. The lowest BCUT2D eigenvalue weighted by atomic mass is 10.1. The van der Waals surface area contributed by atoms with E-state index in [-0.39, 0.29) is 30.2 Å². The molecule has 0 saturated heterocycles. The lowest BCUT2D eigenvalue weighted by Gasteiger charge is -2.32. The smallest absolute Gasteiger partial charge is 0.251 e. The van der Waals surface area contributed by atoms with Crippen molar-refractivity contribution in [1.82, 2.24) is 30.4 Å². The lowest BCUT2D eigenvalue weighted by Crippen LogP contribution is -2.49. The number of rotatable bonds is 8. The number of benzene rings is 1. The predicted molar refractivity (Wildman–Crippen MR) is 131 cm³/mol. The molecular weight excluding hydrogens is 479 g/mol. The molecule has 3 heterocycles. The maximum atomic E-state index is 14.7. The molecule has 0 aliphatic carbocycles. The molecule has 0 saturated carbocycles. The first kappa shape index (κ1) is 25.8. The Hall–Kier alpha value is -4.28. The molecule has 1 aromatic carbocycles. The third-order valence-corrected chi connectivity index (χ3v) is 5.40. The number of furan rings is 2. The Bertz CT molecular complexity index is 1400. The number of halogens is 1. The summed E-state index contributed by atoms with van der Waals surface area (Å²) in [7, 11) is 0. The summed E-state index contributed by atoms with van der Waals surface area (Å²) in [6.07, 6.45) is 0. The Morgan fingerprint density at radius 2 is 1.76 bits per heavy atom. The highest BCUT2D eigenvalue weighted by molar-refractivity contribution is 5.88. The quantitative estimate of drug-likeness (QED) is 0.382. The topological polar surface area (TPSA) is 119 Å². The molecule has 1 atom stereocenters. The summed E-state index contributed by atoms with van der Waals surface area (Å²) >= 11 is 0. The third kappa shape index (κ3) is 6.29. The van der Waals surface area contributed by atoms with Gasteiger partial charge in [0, 0.05) is 17.6 Å². The van der Waals surface area contributed by atoms with E-state index in [0.717, 1.165) is 4.80 Å². The van der Waals surface area contributed by atoms with E-state index < -0.39 is 29.2 Å². The molecule has 194 valence electrons. The number of nitrogens with zero attached hydrogens (tertiary/aromatic N) is 5. The summed E-state index contributed by atoms with van der Waals surface area (Å²) in [6, 6.07) is 11.7. The van der Waals surface area contributed by atoms with E-state index in [1.807, 2.05) is 20.8 Å². The van der Waals surface area contributed by atoms with Crippen molar-refractivity contribution in [2.75, 3.05) is 0 Å².